The minimum absolute atomic E-state index is 0.0239. The van der Waals surface area contributed by atoms with Crippen molar-refractivity contribution in [1.82, 2.24) is 20.4 Å². The molecule has 34 heavy (non-hydrogen) atoms. The second-order valence-corrected chi connectivity index (χ2v) is 7.20. The molecule has 0 saturated heterocycles. The van der Waals surface area contributed by atoms with Gasteiger partial charge in [-0.15, -0.1) is 0 Å². The van der Waals surface area contributed by atoms with Gasteiger partial charge in [-0.05, 0) is 45.5 Å². The number of ether oxygens (including phenoxy) is 3. The van der Waals surface area contributed by atoms with Crippen molar-refractivity contribution >= 4 is 18.1 Å². The Bertz CT molecular complexity index is 773. The lowest BCUT2D eigenvalue weighted by atomic mass is 10.2. The van der Waals surface area contributed by atoms with Crippen LogP contribution in [0.25, 0.3) is 0 Å². The van der Waals surface area contributed by atoms with Crippen LogP contribution >= 0.6 is 0 Å². The van der Waals surface area contributed by atoms with Gasteiger partial charge in [-0.2, -0.15) is 0 Å². The Morgan fingerprint density at radius 1 is 0.941 bits per heavy atom. The Morgan fingerprint density at radius 3 is 2.03 bits per heavy atom. The number of nitrogens with zero attached hydrogens (tertiary/aromatic N) is 2. The second kappa shape index (κ2) is 18.2. The average molecular weight is 481 g/mol. The molecule has 0 atom stereocenters. The van der Waals surface area contributed by atoms with Crippen LogP contribution in [0.2, 0.25) is 0 Å². The van der Waals surface area contributed by atoms with E-state index in [4.69, 9.17) is 14.2 Å². The van der Waals surface area contributed by atoms with Crippen LogP contribution in [0, 0.1) is 0 Å². The average Bonchev–Trinajstić information content (AvgIpc) is 2.82. The molecular weight excluding hydrogens is 440 g/mol. The van der Waals surface area contributed by atoms with Crippen molar-refractivity contribution in [3.8, 4) is 0 Å². The summed E-state index contributed by atoms with van der Waals surface area (Å²) in [6.07, 6.45) is 8.12. The number of nitrogens with one attached hydrogen (secondary N) is 2. The largest absolute Gasteiger partial charge is 0.495 e. The molecule has 0 heterocycles. The highest BCUT2D eigenvalue weighted by Crippen LogP contribution is 2.12. The van der Waals surface area contributed by atoms with Crippen molar-refractivity contribution in [2.75, 3.05) is 61.1 Å². The zero-order chi connectivity index (χ0) is 25.9. The van der Waals surface area contributed by atoms with Gasteiger partial charge >= 0.3 is 12.2 Å². The van der Waals surface area contributed by atoms with E-state index in [2.05, 4.69) is 10.6 Å². The van der Waals surface area contributed by atoms with Crippen molar-refractivity contribution in [3.63, 3.8) is 0 Å². The van der Waals surface area contributed by atoms with Crippen molar-refractivity contribution in [2.24, 2.45) is 0 Å². The Hall–Kier alpha value is -3.27. The maximum atomic E-state index is 12.4. The summed E-state index contributed by atoms with van der Waals surface area (Å²) in [6, 6.07) is 0. The summed E-state index contributed by atoms with van der Waals surface area (Å²) in [6.45, 7) is 6.78. The SMILES string of the molecule is C\C=C/C(OC)=C(\C=C(/C=C/C)COC(=O)N(C)CCN(C)C(=O)OCC)NC(=O)CCNC. The summed E-state index contributed by atoms with van der Waals surface area (Å²) in [5.41, 5.74) is 1.10. The summed E-state index contributed by atoms with van der Waals surface area (Å²) in [7, 11) is 6.47. The molecule has 0 aliphatic carbocycles. The first-order chi connectivity index (χ1) is 16.2. The number of methoxy groups -OCH3 is 1. The topological polar surface area (TPSA) is 109 Å². The maximum Gasteiger partial charge on any atom is 0.409 e. The molecule has 0 aliphatic rings. The molecule has 3 amide bonds. The standard InChI is InChI=1S/C24H40N4O6/c1-8-11-19(17-20(21(32-7)12-9-2)26-22(29)13-14-25-4)18-34-24(31)28(6)16-15-27(5)23(30)33-10-3/h8-9,11-12,17,25H,10,13-16,18H2,1-7H3,(H,26,29)/b11-8+,12-9-,19-17+,21-20-. The van der Waals surface area contributed by atoms with E-state index in [0.29, 0.717) is 36.5 Å². The van der Waals surface area contributed by atoms with Crippen LogP contribution in [-0.4, -0.2) is 89.0 Å². The molecule has 0 radical (unpaired) electrons. The molecule has 10 heteroatoms. The van der Waals surface area contributed by atoms with Crippen LogP contribution in [0.4, 0.5) is 9.59 Å². The van der Waals surface area contributed by atoms with Gasteiger partial charge in [0.1, 0.15) is 12.4 Å². The zero-order valence-corrected chi connectivity index (χ0v) is 21.5. The van der Waals surface area contributed by atoms with Gasteiger partial charge in [-0.25, -0.2) is 9.59 Å². The van der Waals surface area contributed by atoms with Crippen molar-refractivity contribution < 1.29 is 28.6 Å². The molecule has 10 nitrogen and oxygen atoms in total. The normalized spacial score (nSPS) is 12.4. The van der Waals surface area contributed by atoms with Crippen molar-refractivity contribution in [3.05, 3.63) is 47.4 Å². The minimum atomic E-state index is -0.545. The number of carbonyl (C=O) groups is 3. The monoisotopic (exact) mass is 480 g/mol. The first-order valence-electron chi connectivity index (χ1n) is 11.2. The van der Waals surface area contributed by atoms with E-state index in [9.17, 15) is 14.4 Å². The number of amides is 3. The first kappa shape index (κ1) is 30.7. The molecule has 0 rings (SSSR count). The van der Waals surface area contributed by atoms with E-state index in [0.717, 1.165) is 0 Å². The molecule has 2 N–H and O–H groups in total. The van der Waals surface area contributed by atoms with E-state index in [-0.39, 0.29) is 25.7 Å². The number of rotatable bonds is 14. The molecule has 0 unspecified atom stereocenters. The lowest BCUT2D eigenvalue weighted by molar-refractivity contribution is -0.120. The minimum Gasteiger partial charge on any atom is -0.495 e. The lowest BCUT2D eigenvalue weighted by Crippen LogP contribution is -2.38. The number of hydrogen-bond acceptors (Lipinski definition) is 7. The Kier molecular flexibility index (Phi) is 16.4. The van der Waals surface area contributed by atoms with Crippen LogP contribution < -0.4 is 10.6 Å². The molecule has 0 bridgehead atoms. The third kappa shape index (κ3) is 12.7. The van der Waals surface area contributed by atoms with E-state index >= 15 is 0 Å². The molecule has 192 valence electrons. The van der Waals surface area contributed by atoms with Gasteiger partial charge in [0.05, 0.1) is 19.4 Å². The van der Waals surface area contributed by atoms with E-state index in [1.54, 1.807) is 58.4 Å². The molecule has 0 saturated carbocycles. The van der Waals surface area contributed by atoms with Gasteiger partial charge in [0.15, 0.2) is 0 Å². The number of allylic oxidation sites excluding steroid dienone is 4. The van der Waals surface area contributed by atoms with Crippen LogP contribution in [0.5, 0.6) is 0 Å². The van der Waals surface area contributed by atoms with Crippen molar-refractivity contribution in [2.45, 2.75) is 27.2 Å². The Morgan fingerprint density at radius 2 is 1.53 bits per heavy atom. The summed E-state index contributed by atoms with van der Waals surface area (Å²) in [4.78, 5) is 39.2. The maximum absolute atomic E-state index is 12.4. The van der Waals surface area contributed by atoms with Gasteiger partial charge in [0.2, 0.25) is 5.91 Å². The Balaban J connectivity index is 5.37. The first-order valence-corrected chi connectivity index (χ1v) is 11.2. The van der Waals surface area contributed by atoms with Gasteiger partial charge in [0.25, 0.3) is 0 Å². The lowest BCUT2D eigenvalue weighted by Gasteiger charge is -2.21. The third-order valence-electron chi connectivity index (χ3n) is 4.41. The van der Waals surface area contributed by atoms with Crippen LogP contribution in [0.15, 0.2) is 47.4 Å². The smallest absolute Gasteiger partial charge is 0.409 e. The van der Waals surface area contributed by atoms with E-state index in [1.807, 2.05) is 13.8 Å². The Labute approximate surface area is 203 Å². The van der Waals surface area contributed by atoms with Crippen LogP contribution in [-0.2, 0) is 19.0 Å². The summed E-state index contributed by atoms with van der Waals surface area (Å²) >= 11 is 0. The summed E-state index contributed by atoms with van der Waals surface area (Å²) in [5.74, 6) is 0.287. The van der Waals surface area contributed by atoms with Crippen LogP contribution in [0.3, 0.4) is 0 Å². The predicted molar refractivity (Wildman–Crippen MR) is 132 cm³/mol. The second-order valence-electron chi connectivity index (χ2n) is 7.20. The zero-order valence-electron chi connectivity index (χ0n) is 21.5. The van der Waals surface area contributed by atoms with Crippen LogP contribution in [0.1, 0.15) is 27.2 Å². The molecular formula is C24H40N4O6. The quantitative estimate of drug-likeness (QED) is 0.291. The van der Waals surface area contributed by atoms with Gasteiger partial charge in [-0.1, -0.05) is 18.2 Å². The summed E-state index contributed by atoms with van der Waals surface area (Å²) in [5, 5.41) is 5.79. The molecule has 0 spiro atoms. The highest BCUT2D eigenvalue weighted by Gasteiger charge is 2.15. The number of likely N-dealkylation sites (N-methyl/N-ethyl adjacent to an activating group) is 2. The van der Waals surface area contributed by atoms with Gasteiger partial charge in [-0.3, -0.25) is 4.79 Å². The van der Waals surface area contributed by atoms with E-state index in [1.165, 1.54) is 16.9 Å². The van der Waals surface area contributed by atoms with E-state index < -0.39 is 12.2 Å². The fourth-order valence-electron chi connectivity index (χ4n) is 2.55. The fraction of sp³-hybridized carbons (Fsp3) is 0.542. The number of carbonyl (C=O) groups excluding carboxylic acids is 3. The highest BCUT2D eigenvalue weighted by molar-refractivity contribution is 5.79. The highest BCUT2D eigenvalue weighted by atomic mass is 16.6. The third-order valence-corrected chi connectivity index (χ3v) is 4.41. The number of hydrogen-bond donors (Lipinski definition) is 2. The van der Waals surface area contributed by atoms with Crippen molar-refractivity contribution in [1.29, 1.82) is 0 Å². The molecule has 0 aliphatic heterocycles. The van der Waals surface area contributed by atoms with Gasteiger partial charge < -0.3 is 34.6 Å². The molecule has 0 aromatic carbocycles. The van der Waals surface area contributed by atoms with Gasteiger partial charge in [0, 0.05) is 40.2 Å². The summed E-state index contributed by atoms with van der Waals surface area (Å²) < 4.78 is 15.8. The molecule has 0 fully saturated rings. The fourth-order valence-corrected chi connectivity index (χ4v) is 2.55. The predicted octanol–water partition coefficient (Wildman–Crippen LogP) is 2.81. The molecule has 0 aromatic heterocycles. The molecule has 0 aromatic rings.